The second-order valence-electron chi connectivity index (χ2n) is 8.02. The van der Waals surface area contributed by atoms with Crippen LogP contribution >= 0.6 is 0 Å². The minimum absolute atomic E-state index is 0.0779. The lowest BCUT2D eigenvalue weighted by molar-refractivity contribution is -0.121. The highest BCUT2D eigenvalue weighted by molar-refractivity contribution is 5.85. The molecule has 2 heterocycles. The highest BCUT2D eigenvalue weighted by Crippen LogP contribution is 2.15. The number of hydrogen-bond donors (Lipinski definition) is 3. The summed E-state index contributed by atoms with van der Waals surface area (Å²) >= 11 is 0. The van der Waals surface area contributed by atoms with E-state index in [1.165, 1.54) is 19.3 Å². The first-order chi connectivity index (χ1) is 12.9. The third kappa shape index (κ3) is 7.56. The quantitative estimate of drug-likeness (QED) is 0.379. The summed E-state index contributed by atoms with van der Waals surface area (Å²) in [6, 6.07) is 0. The molecular weight excluding hydrogens is 342 g/mol. The number of amides is 1. The van der Waals surface area contributed by atoms with Crippen LogP contribution in [0, 0.1) is 0 Å². The number of guanidine groups is 1. The monoisotopic (exact) mass is 377 g/mol. The van der Waals surface area contributed by atoms with E-state index in [1.54, 1.807) is 0 Å². The molecule has 0 unspecified atom stereocenters. The van der Waals surface area contributed by atoms with Gasteiger partial charge in [0.25, 0.3) is 0 Å². The number of carbonyl (C=O) groups is 1. The van der Waals surface area contributed by atoms with E-state index >= 15 is 0 Å². The summed E-state index contributed by atoms with van der Waals surface area (Å²) in [6.07, 6.45) is 6.57. The fraction of sp³-hybridized carbons (Fsp3) is 0.789. The van der Waals surface area contributed by atoms with Crippen molar-refractivity contribution >= 4 is 11.9 Å². The molecule has 0 fully saturated rings. The molecule has 0 spiro atoms. The number of nitrogens with zero attached hydrogens (tertiary/aromatic N) is 4. The Labute approximate surface area is 162 Å². The topological polar surface area (TPSA) is 96.2 Å². The fourth-order valence-electron chi connectivity index (χ4n) is 3.13. The van der Waals surface area contributed by atoms with Gasteiger partial charge in [-0.1, -0.05) is 6.42 Å². The van der Waals surface area contributed by atoms with Crippen molar-refractivity contribution < 1.29 is 4.79 Å². The highest BCUT2D eigenvalue weighted by Gasteiger charge is 2.15. The van der Waals surface area contributed by atoms with Gasteiger partial charge in [0.15, 0.2) is 5.96 Å². The first kappa shape index (κ1) is 21.2. The molecule has 0 aromatic carbocycles. The number of rotatable bonds is 7. The molecule has 0 bridgehead atoms. The van der Waals surface area contributed by atoms with Crippen molar-refractivity contribution in [2.75, 3.05) is 19.6 Å². The molecule has 27 heavy (non-hydrogen) atoms. The van der Waals surface area contributed by atoms with Crippen LogP contribution in [0.1, 0.15) is 65.0 Å². The minimum Gasteiger partial charge on any atom is -0.357 e. The second-order valence-corrected chi connectivity index (χ2v) is 8.02. The Morgan fingerprint density at radius 3 is 2.74 bits per heavy atom. The van der Waals surface area contributed by atoms with Crippen molar-refractivity contribution in [2.45, 2.75) is 78.3 Å². The van der Waals surface area contributed by atoms with E-state index in [-0.39, 0.29) is 18.0 Å². The van der Waals surface area contributed by atoms with Crippen LogP contribution in [0.2, 0.25) is 0 Å². The molecule has 0 radical (unpaired) electrons. The van der Waals surface area contributed by atoms with E-state index < -0.39 is 0 Å². The lowest BCUT2D eigenvalue weighted by atomic mass is 10.1. The van der Waals surface area contributed by atoms with Crippen molar-refractivity contribution in [3.05, 3.63) is 11.6 Å². The van der Waals surface area contributed by atoms with Gasteiger partial charge < -0.3 is 20.5 Å². The molecule has 1 amide bonds. The van der Waals surface area contributed by atoms with Gasteiger partial charge in [-0.15, -0.1) is 10.2 Å². The van der Waals surface area contributed by atoms with Gasteiger partial charge in [0, 0.05) is 38.0 Å². The average molecular weight is 378 g/mol. The lowest BCUT2D eigenvalue weighted by Gasteiger charge is -2.20. The lowest BCUT2D eigenvalue weighted by Crippen LogP contribution is -2.43. The van der Waals surface area contributed by atoms with Gasteiger partial charge in [0.2, 0.25) is 5.91 Å². The molecule has 8 heteroatoms. The molecule has 1 aromatic rings. The minimum atomic E-state index is -0.241. The van der Waals surface area contributed by atoms with Crippen LogP contribution in [0.4, 0.5) is 0 Å². The molecule has 0 saturated heterocycles. The zero-order chi connectivity index (χ0) is 19.7. The molecule has 8 nitrogen and oxygen atoms in total. The first-order valence-electron chi connectivity index (χ1n) is 10.1. The molecule has 0 saturated carbocycles. The summed E-state index contributed by atoms with van der Waals surface area (Å²) < 4.78 is 2.29. The molecule has 1 aliphatic rings. The summed E-state index contributed by atoms with van der Waals surface area (Å²) in [5.41, 5.74) is -0.241. The van der Waals surface area contributed by atoms with Gasteiger partial charge in [-0.2, -0.15) is 0 Å². The van der Waals surface area contributed by atoms with Crippen molar-refractivity contribution in [1.29, 1.82) is 0 Å². The van der Waals surface area contributed by atoms with Crippen LogP contribution in [0.25, 0.3) is 0 Å². The highest BCUT2D eigenvalue weighted by atomic mass is 16.2. The predicted molar refractivity (Wildman–Crippen MR) is 108 cm³/mol. The summed E-state index contributed by atoms with van der Waals surface area (Å²) in [6.45, 7) is 10.6. The summed E-state index contributed by atoms with van der Waals surface area (Å²) in [5, 5.41) is 18.1. The van der Waals surface area contributed by atoms with Gasteiger partial charge in [-0.3, -0.25) is 4.79 Å². The number of carbonyl (C=O) groups excluding carboxylic acids is 1. The zero-order valence-corrected chi connectivity index (χ0v) is 17.3. The Balaban J connectivity index is 1.78. The van der Waals surface area contributed by atoms with Crippen LogP contribution in [0.5, 0.6) is 0 Å². The Kier molecular flexibility index (Phi) is 8.06. The molecule has 152 valence electrons. The first-order valence-corrected chi connectivity index (χ1v) is 10.1. The summed E-state index contributed by atoms with van der Waals surface area (Å²) in [4.78, 5) is 16.3. The van der Waals surface area contributed by atoms with Crippen LogP contribution in [0.15, 0.2) is 4.99 Å². The van der Waals surface area contributed by atoms with Crippen molar-refractivity contribution in [3.8, 4) is 0 Å². The number of hydrogen-bond acceptors (Lipinski definition) is 4. The van der Waals surface area contributed by atoms with E-state index in [0.717, 1.165) is 50.5 Å². The van der Waals surface area contributed by atoms with Crippen LogP contribution in [-0.2, 0) is 24.2 Å². The second kappa shape index (κ2) is 10.3. The molecule has 0 atom stereocenters. The third-order valence-electron chi connectivity index (χ3n) is 4.30. The van der Waals surface area contributed by atoms with Crippen LogP contribution < -0.4 is 16.0 Å². The third-order valence-corrected chi connectivity index (χ3v) is 4.30. The Bertz CT molecular complexity index is 630. The van der Waals surface area contributed by atoms with Crippen molar-refractivity contribution in [2.24, 2.45) is 4.99 Å². The average Bonchev–Trinajstić information content (AvgIpc) is 2.81. The molecule has 1 aromatic heterocycles. The maximum absolute atomic E-state index is 11.9. The van der Waals surface area contributed by atoms with Gasteiger partial charge in [0.1, 0.15) is 18.2 Å². The number of aliphatic imine (C=N–C) groups is 1. The van der Waals surface area contributed by atoms with Crippen molar-refractivity contribution in [1.82, 2.24) is 30.7 Å². The largest absolute Gasteiger partial charge is 0.357 e. The molecule has 1 aliphatic heterocycles. The van der Waals surface area contributed by atoms with Gasteiger partial charge >= 0.3 is 0 Å². The standard InChI is InChI=1S/C19H35N7O/c1-5-20-18(22-14-17(27)23-19(2,3)4)21-12-9-11-16-25-24-15-10-7-6-8-13-26(15)16/h5-14H2,1-4H3,(H,23,27)(H2,20,21,22). The fourth-order valence-corrected chi connectivity index (χ4v) is 3.13. The van der Waals surface area contributed by atoms with Gasteiger partial charge in [-0.05, 0) is 47.0 Å². The van der Waals surface area contributed by atoms with E-state index in [4.69, 9.17) is 0 Å². The summed E-state index contributed by atoms with van der Waals surface area (Å²) in [7, 11) is 0. The number of aromatic nitrogens is 3. The smallest absolute Gasteiger partial charge is 0.242 e. The normalized spacial score (nSPS) is 15.0. The predicted octanol–water partition coefficient (Wildman–Crippen LogP) is 1.41. The van der Waals surface area contributed by atoms with E-state index in [9.17, 15) is 4.79 Å². The number of aryl methyl sites for hydroxylation is 2. The molecular formula is C19H35N7O. The van der Waals surface area contributed by atoms with Crippen molar-refractivity contribution in [3.63, 3.8) is 0 Å². The molecule has 3 N–H and O–H groups in total. The Morgan fingerprint density at radius 2 is 2.00 bits per heavy atom. The number of fused-ring (bicyclic) bond motifs is 1. The maximum Gasteiger partial charge on any atom is 0.242 e. The number of nitrogens with one attached hydrogen (secondary N) is 3. The van der Waals surface area contributed by atoms with Crippen LogP contribution in [-0.4, -0.2) is 51.8 Å². The molecule has 0 aliphatic carbocycles. The van der Waals surface area contributed by atoms with E-state index in [2.05, 4.69) is 35.7 Å². The molecule has 2 rings (SSSR count). The van der Waals surface area contributed by atoms with Gasteiger partial charge in [-0.25, -0.2) is 4.99 Å². The zero-order valence-electron chi connectivity index (χ0n) is 17.3. The van der Waals surface area contributed by atoms with E-state index in [1.807, 2.05) is 27.7 Å². The summed E-state index contributed by atoms with van der Waals surface area (Å²) in [5.74, 6) is 2.81. The van der Waals surface area contributed by atoms with Crippen LogP contribution in [0.3, 0.4) is 0 Å². The van der Waals surface area contributed by atoms with Gasteiger partial charge in [0.05, 0.1) is 0 Å². The maximum atomic E-state index is 11.9. The Morgan fingerprint density at radius 1 is 1.19 bits per heavy atom. The Hall–Kier alpha value is -2.12. The van der Waals surface area contributed by atoms with E-state index in [0.29, 0.717) is 5.96 Å². The SMILES string of the molecule is CCNC(=NCC(=O)NC(C)(C)C)NCCCc1nnc2n1CCCCC2.